The summed E-state index contributed by atoms with van der Waals surface area (Å²) in [5, 5.41) is 11.1. The summed E-state index contributed by atoms with van der Waals surface area (Å²) in [6, 6.07) is 8.41. The highest BCUT2D eigenvalue weighted by atomic mass is 16.5. The molecule has 3 aromatic rings. The molecule has 25 heavy (non-hydrogen) atoms. The fourth-order valence-corrected chi connectivity index (χ4v) is 2.53. The Labute approximate surface area is 140 Å². The Balaban J connectivity index is 2.31. The van der Waals surface area contributed by atoms with Crippen LogP contribution in [0.15, 0.2) is 46.0 Å². The van der Waals surface area contributed by atoms with E-state index in [-0.39, 0.29) is 27.9 Å². The van der Waals surface area contributed by atoms with Crippen molar-refractivity contribution in [2.45, 2.75) is 0 Å². The molecule has 0 bridgehead atoms. The number of aromatic amines is 1. The number of carboxylic acids is 1. The number of hydrogen-bond acceptors (Lipinski definition) is 6. The van der Waals surface area contributed by atoms with Crippen LogP contribution in [-0.2, 0) is 0 Å². The van der Waals surface area contributed by atoms with Crippen molar-refractivity contribution < 1.29 is 19.4 Å². The number of methoxy groups -OCH3 is 2. The summed E-state index contributed by atoms with van der Waals surface area (Å²) in [5.74, 6) is -0.620. The molecule has 0 fully saturated rings. The summed E-state index contributed by atoms with van der Waals surface area (Å²) in [5.41, 5.74) is -1.12. The normalized spacial score (nSPS) is 10.6. The van der Waals surface area contributed by atoms with Crippen LogP contribution in [0, 0.1) is 0 Å². The highest BCUT2D eigenvalue weighted by molar-refractivity contribution is 5.91. The van der Waals surface area contributed by atoms with E-state index in [0.717, 1.165) is 4.57 Å². The predicted molar refractivity (Wildman–Crippen MR) is 87.6 cm³/mol. The van der Waals surface area contributed by atoms with Crippen LogP contribution < -0.4 is 25.8 Å². The number of hydrogen-bond donors (Lipinski definition) is 1. The Bertz CT molecular complexity index is 1100. The first-order chi connectivity index (χ1) is 12.0. The van der Waals surface area contributed by atoms with Crippen LogP contribution in [0.4, 0.5) is 0 Å². The minimum absolute atomic E-state index is 0.112. The minimum atomic E-state index is -1.40. The molecule has 0 saturated carbocycles. The molecule has 0 aliphatic rings. The number of ether oxygens (including phenoxy) is 2. The van der Waals surface area contributed by atoms with Crippen molar-refractivity contribution in [3.8, 4) is 17.2 Å². The SMILES string of the molecule is COc1ccc(-n2c(=O)[nH]c3cc(C(=O)[O-])ccc3c2=O)c(OC)c1. The molecule has 0 amide bonds. The van der Waals surface area contributed by atoms with Crippen LogP contribution >= 0.6 is 0 Å². The fraction of sp³-hybridized carbons (Fsp3) is 0.118. The van der Waals surface area contributed by atoms with Gasteiger partial charge in [-0.2, -0.15) is 0 Å². The zero-order valence-corrected chi connectivity index (χ0v) is 13.4. The van der Waals surface area contributed by atoms with Crippen LogP contribution in [-0.4, -0.2) is 29.7 Å². The molecule has 3 rings (SSSR count). The van der Waals surface area contributed by atoms with Gasteiger partial charge in [0.15, 0.2) is 0 Å². The predicted octanol–water partition coefficient (Wildman–Crippen LogP) is 0.0597. The standard InChI is InChI=1S/C17H14N2O6/c1-24-10-4-6-13(14(8-10)25-2)19-15(20)11-5-3-9(16(21)22)7-12(11)18-17(19)23/h3-8H,1-2H3,(H,18,23)(H,21,22)/p-1. The second-order valence-electron chi connectivity index (χ2n) is 5.16. The van der Waals surface area contributed by atoms with Crippen LogP contribution in [0.1, 0.15) is 10.4 Å². The fourth-order valence-electron chi connectivity index (χ4n) is 2.53. The van der Waals surface area contributed by atoms with E-state index >= 15 is 0 Å². The molecule has 0 atom stereocenters. The maximum atomic E-state index is 12.7. The summed E-state index contributed by atoms with van der Waals surface area (Å²) < 4.78 is 11.3. The number of carbonyl (C=O) groups is 1. The van der Waals surface area contributed by atoms with Crippen LogP contribution in [0.25, 0.3) is 16.6 Å². The maximum Gasteiger partial charge on any atom is 0.333 e. The number of aromatic carboxylic acids is 1. The average Bonchev–Trinajstić information content (AvgIpc) is 2.61. The van der Waals surface area contributed by atoms with E-state index in [1.165, 1.54) is 38.5 Å². The molecule has 128 valence electrons. The smallest absolute Gasteiger partial charge is 0.333 e. The van der Waals surface area contributed by atoms with E-state index in [0.29, 0.717) is 5.75 Å². The van der Waals surface area contributed by atoms with E-state index in [1.807, 2.05) is 0 Å². The third-order valence-electron chi connectivity index (χ3n) is 3.76. The molecule has 1 heterocycles. The lowest BCUT2D eigenvalue weighted by Crippen LogP contribution is -2.34. The average molecular weight is 341 g/mol. The van der Waals surface area contributed by atoms with Crippen LogP contribution in [0.2, 0.25) is 0 Å². The number of benzene rings is 2. The Hall–Kier alpha value is -3.55. The van der Waals surface area contributed by atoms with Crippen molar-refractivity contribution in [2.75, 3.05) is 14.2 Å². The Morgan fingerprint density at radius 3 is 2.48 bits per heavy atom. The lowest BCUT2D eigenvalue weighted by atomic mass is 10.1. The van der Waals surface area contributed by atoms with Gasteiger partial charge in [0, 0.05) is 6.07 Å². The van der Waals surface area contributed by atoms with Gasteiger partial charge in [0.1, 0.15) is 11.5 Å². The quantitative estimate of drug-likeness (QED) is 0.718. The summed E-state index contributed by atoms with van der Waals surface area (Å²) in [7, 11) is 2.89. The lowest BCUT2D eigenvalue weighted by Gasteiger charge is -2.12. The summed E-state index contributed by atoms with van der Waals surface area (Å²) in [6.45, 7) is 0. The van der Waals surface area contributed by atoms with Crippen molar-refractivity contribution in [1.29, 1.82) is 0 Å². The van der Waals surface area contributed by atoms with Crippen molar-refractivity contribution in [3.63, 3.8) is 0 Å². The lowest BCUT2D eigenvalue weighted by molar-refractivity contribution is -0.255. The minimum Gasteiger partial charge on any atom is -0.545 e. The second kappa shape index (κ2) is 6.16. The number of aromatic nitrogens is 2. The molecular formula is C17H13N2O6-. The number of fused-ring (bicyclic) bond motifs is 1. The Morgan fingerprint density at radius 1 is 1.08 bits per heavy atom. The van der Waals surface area contributed by atoms with Gasteiger partial charge >= 0.3 is 5.69 Å². The first-order valence-corrected chi connectivity index (χ1v) is 7.19. The van der Waals surface area contributed by atoms with Gasteiger partial charge in [0.25, 0.3) is 5.56 Å². The summed E-state index contributed by atoms with van der Waals surface area (Å²) >= 11 is 0. The van der Waals surface area contributed by atoms with Crippen molar-refractivity contribution in [1.82, 2.24) is 9.55 Å². The number of carbonyl (C=O) groups excluding carboxylic acids is 1. The summed E-state index contributed by atoms with van der Waals surface area (Å²) in [6.07, 6.45) is 0. The van der Waals surface area contributed by atoms with Crippen molar-refractivity contribution >= 4 is 16.9 Å². The number of nitrogens with one attached hydrogen (secondary N) is 1. The molecule has 0 aliphatic carbocycles. The number of carboxylic acid groups (broad SMARTS) is 1. The number of rotatable bonds is 4. The van der Waals surface area contributed by atoms with E-state index in [4.69, 9.17) is 9.47 Å². The van der Waals surface area contributed by atoms with E-state index in [1.54, 1.807) is 12.1 Å². The van der Waals surface area contributed by atoms with E-state index in [9.17, 15) is 19.5 Å². The van der Waals surface area contributed by atoms with Gasteiger partial charge < -0.3 is 24.4 Å². The van der Waals surface area contributed by atoms with Gasteiger partial charge in [-0.1, -0.05) is 6.07 Å². The molecule has 0 unspecified atom stereocenters. The van der Waals surface area contributed by atoms with E-state index in [2.05, 4.69) is 4.98 Å². The third-order valence-corrected chi connectivity index (χ3v) is 3.76. The molecule has 1 aromatic heterocycles. The van der Waals surface area contributed by atoms with Crippen molar-refractivity contribution in [3.05, 3.63) is 62.8 Å². The topological polar surface area (TPSA) is 113 Å². The van der Waals surface area contributed by atoms with Gasteiger partial charge in [-0.15, -0.1) is 0 Å². The number of H-pyrrole nitrogens is 1. The molecule has 2 aromatic carbocycles. The molecule has 8 heteroatoms. The second-order valence-corrected chi connectivity index (χ2v) is 5.16. The summed E-state index contributed by atoms with van der Waals surface area (Å²) in [4.78, 5) is 38.6. The zero-order valence-electron chi connectivity index (χ0n) is 13.4. The van der Waals surface area contributed by atoms with Gasteiger partial charge in [-0.05, 0) is 29.8 Å². The Kier molecular flexibility index (Phi) is 4.02. The molecule has 0 aliphatic heterocycles. The van der Waals surface area contributed by atoms with Gasteiger partial charge in [-0.3, -0.25) is 4.79 Å². The van der Waals surface area contributed by atoms with Crippen LogP contribution in [0.3, 0.4) is 0 Å². The van der Waals surface area contributed by atoms with Gasteiger partial charge in [-0.25, -0.2) is 9.36 Å². The highest BCUT2D eigenvalue weighted by Gasteiger charge is 2.14. The largest absolute Gasteiger partial charge is 0.545 e. The molecule has 0 saturated heterocycles. The van der Waals surface area contributed by atoms with E-state index < -0.39 is 17.2 Å². The Morgan fingerprint density at radius 2 is 1.84 bits per heavy atom. The first kappa shape index (κ1) is 16.3. The maximum absolute atomic E-state index is 12.7. The molecular weight excluding hydrogens is 328 g/mol. The molecule has 8 nitrogen and oxygen atoms in total. The molecule has 1 N–H and O–H groups in total. The van der Waals surface area contributed by atoms with Gasteiger partial charge in [0.2, 0.25) is 0 Å². The highest BCUT2D eigenvalue weighted by Crippen LogP contribution is 2.26. The number of nitrogens with zero attached hydrogens (tertiary/aromatic N) is 1. The molecule has 0 radical (unpaired) electrons. The monoisotopic (exact) mass is 341 g/mol. The van der Waals surface area contributed by atoms with Crippen LogP contribution in [0.5, 0.6) is 11.5 Å². The first-order valence-electron chi connectivity index (χ1n) is 7.19. The molecule has 0 spiro atoms. The van der Waals surface area contributed by atoms with Crippen molar-refractivity contribution in [2.24, 2.45) is 0 Å². The van der Waals surface area contributed by atoms with Gasteiger partial charge in [0.05, 0.1) is 36.8 Å². The third kappa shape index (κ3) is 2.74. The zero-order chi connectivity index (χ0) is 18.1.